The van der Waals surface area contributed by atoms with E-state index in [0.717, 1.165) is 25.1 Å². The number of rotatable bonds is 7. The van der Waals surface area contributed by atoms with Crippen LogP contribution in [-0.4, -0.2) is 248 Å². The first kappa shape index (κ1) is 175. The fraction of sp³-hybridized carbons (Fsp3) is 0.794. The lowest BCUT2D eigenvalue weighted by Crippen LogP contribution is -2.26. The van der Waals surface area contributed by atoms with Crippen molar-refractivity contribution in [1.29, 1.82) is 0 Å². The van der Waals surface area contributed by atoms with Gasteiger partial charge in [-0.15, -0.1) is 0 Å². The molecule has 0 aliphatic heterocycles. The molecule has 20 nitrogen and oxygen atoms in total. The van der Waals surface area contributed by atoms with Crippen molar-refractivity contribution in [2.45, 2.75) is 433 Å². The van der Waals surface area contributed by atoms with Crippen LogP contribution in [0.5, 0.6) is 0 Å². The van der Waals surface area contributed by atoms with Gasteiger partial charge in [-0.25, -0.2) is 25.3 Å². The highest BCUT2D eigenvalue weighted by Gasteiger charge is 2.27. The predicted octanol–water partition coefficient (Wildman–Crippen LogP) is 29.4. The second kappa shape index (κ2) is 91.2. The Kier molecular flexibility index (Phi) is 119. The van der Waals surface area contributed by atoms with Gasteiger partial charge in [0.2, 0.25) is 5.91 Å². The summed E-state index contributed by atoms with van der Waals surface area (Å²) in [6.45, 7) is 114. The maximum absolute atomic E-state index is 11.2. The number of ether oxygens (including phenoxy) is 1. The molecule has 3 atom stereocenters. The molecule has 134 heavy (non-hydrogen) atoms. The van der Waals surface area contributed by atoms with Gasteiger partial charge in [-0.3, -0.25) is 37.2 Å². The van der Waals surface area contributed by atoms with E-state index in [9.17, 15) is 52.0 Å². The number of allylic oxidation sites excluding steroid dienone is 15. The van der Waals surface area contributed by atoms with E-state index < -0.39 is 83.3 Å². The molecule has 0 saturated heterocycles. The molecule has 0 aliphatic carbocycles. The minimum atomic E-state index is -2.84. The number of esters is 1. The number of hydrogen-bond donors (Lipinski definition) is 0. The molecule has 0 bridgehead atoms. The molecular weight excluding hydrogens is 1810 g/mol. The summed E-state index contributed by atoms with van der Waals surface area (Å²) in [5, 5.41) is -0.00694. The minimum Gasteiger partial charge on any atom is -0.469 e. The number of hydrogen-bond acceptors (Lipinski definition) is 19. The van der Waals surface area contributed by atoms with E-state index >= 15 is 0 Å². The highest BCUT2D eigenvalue weighted by Crippen LogP contribution is 2.50. The van der Waals surface area contributed by atoms with Crippen LogP contribution in [0.4, 0.5) is 0 Å². The van der Waals surface area contributed by atoms with Crippen LogP contribution in [0.25, 0.3) is 0 Å². The Morgan fingerprint density at radius 2 is 0.672 bits per heavy atom. The monoisotopic (exact) mass is 2050 g/mol. The second-order valence-electron chi connectivity index (χ2n) is 43.0. The highest BCUT2D eigenvalue weighted by atomic mass is 32.2. The van der Waals surface area contributed by atoms with Crippen LogP contribution in [0.2, 0.25) is 0 Å². The van der Waals surface area contributed by atoms with Gasteiger partial charge in [-0.1, -0.05) is 147 Å². The van der Waals surface area contributed by atoms with Crippen molar-refractivity contribution in [2.75, 3.05) is 121 Å². The lowest BCUT2D eigenvalue weighted by Gasteiger charge is -2.23. The summed E-state index contributed by atoms with van der Waals surface area (Å²) >= 11 is 0. The SMILES string of the molecule is C/C=C\C=C/C.C/C=C\CC.C/C=C\N(C)C.CC(=O)N(C)C.CC(C)(C)P(C)(C)=O.CC(C)(C)S(C)(=O)=O.CC(C)(C)S(C)(=O)=O.CC(C)(C)S(C)(=O)=O.CC(C)=C(C)C(C)(C)C.CC(C)=C(C)C(C)=C(C)C.CC(C)=C(C)N(C)C.CC(C)=NC(C)(C)C.CC=NCC.CCC=NC.CN=C(C)C(C)(C)C.COC(C)=O.CS(=O)C(C)(C)C.CS(=O)C(C)(C)C.CS(=O)C(C)(C)C. The average molecular weight is 2050 g/mol. The molecule has 0 aliphatic rings. The molecule has 1 amide bonds. The van der Waals surface area contributed by atoms with Gasteiger partial charge < -0.3 is 29.0 Å². The summed E-state index contributed by atoms with van der Waals surface area (Å²) in [5.41, 5.74) is 14.5. The fourth-order valence-electron chi connectivity index (χ4n) is 4.07. The molecule has 0 aromatic heterocycles. The van der Waals surface area contributed by atoms with Gasteiger partial charge in [-0.2, -0.15) is 0 Å². The fourth-order valence-corrected chi connectivity index (χ4v) is 4.07. The molecule has 814 valence electrons. The molecule has 0 heterocycles. The van der Waals surface area contributed by atoms with Crippen molar-refractivity contribution in [3.63, 3.8) is 0 Å². The smallest absolute Gasteiger partial charge is 0.302 e. The Bertz CT molecular complexity index is 3570. The van der Waals surface area contributed by atoms with E-state index in [2.05, 4.69) is 222 Å². The van der Waals surface area contributed by atoms with Gasteiger partial charge in [0.15, 0.2) is 29.5 Å². The average Bonchev–Trinajstić information content (AvgIpc) is 0.875. The Labute approximate surface area is 848 Å². The van der Waals surface area contributed by atoms with E-state index in [0.29, 0.717) is 5.41 Å². The summed E-state index contributed by atoms with van der Waals surface area (Å²) in [6, 6.07) is 0. The van der Waals surface area contributed by atoms with E-state index in [1.807, 2.05) is 221 Å². The molecule has 3 unspecified atom stereocenters. The summed E-state index contributed by atoms with van der Waals surface area (Å²) in [5.74, 6) is -0.153. The van der Waals surface area contributed by atoms with Gasteiger partial charge >= 0.3 is 5.97 Å². The Morgan fingerprint density at radius 1 is 0.425 bits per heavy atom. The van der Waals surface area contributed by atoms with Crippen LogP contribution in [0.15, 0.2) is 113 Å². The van der Waals surface area contributed by atoms with Crippen molar-refractivity contribution in [2.24, 2.45) is 30.8 Å². The first-order chi connectivity index (χ1) is 58.4. The summed E-state index contributed by atoms with van der Waals surface area (Å²) in [4.78, 5) is 41.3. The molecule has 0 aromatic carbocycles. The van der Waals surface area contributed by atoms with Crippen LogP contribution >= 0.6 is 7.14 Å². The lowest BCUT2D eigenvalue weighted by molar-refractivity contribution is -0.138. The molecule has 0 spiro atoms. The zero-order valence-corrected chi connectivity index (χ0v) is 108. The van der Waals surface area contributed by atoms with Gasteiger partial charge in [0.05, 0.1) is 34.0 Å². The molecule has 0 saturated carbocycles. The van der Waals surface area contributed by atoms with Crippen LogP contribution in [0.3, 0.4) is 0 Å². The van der Waals surface area contributed by atoms with Crippen LogP contribution in [0.1, 0.15) is 394 Å². The van der Waals surface area contributed by atoms with Gasteiger partial charge in [0.25, 0.3) is 0 Å². The number of nitrogens with zero attached hydrogens (tertiary/aromatic N) is 7. The maximum atomic E-state index is 11.2. The zero-order chi connectivity index (χ0) is 114. The standard InChI is InChI=1S/C10H18.C9H18.3C7H15N.C6H15OP.C6H10.C5H11N.3C5H12O2S.3C5H12OS.C5H10.C4H9NO.2C4H9N.C3H6O2/c1-7(2)9(5)10(6)8(3)4;1-7(2)8(3)9(4,5)6;1-6(8-5)7(2,3)4;1-6(2)7(3)8(4)5;1-6(2)8-7(3,4)5;1-6(2,3)8(4,5)7;1-3-5-6-4-2;1-4-5-6(2)3;3*1-5(2,3)8(4,6)7;3*1-5(2,3)7(4)6;1-3-5-4-2;1-4(6)5(2)3;1-3-4-5-2;1-3-5-4-2;1-3(4)5-2/h1-6H3;1-6H3;4*1-5H3;3-6H,1-2H3;4-5H,1-3H3;3*1-4H3;3*1-4H3;3,5H,4H2,1-2H3;1-3H3;4H,3H2,1-2H3;3H,4H2,1-2H3;1-2H3/b;;;;;;5-3-,6-4-;5-4-;;;;;;;5-3-;;;;. The largest absolute Gasteiger partial charge is 0.469 e. The summed E-state index contributed by atoms with van der Waals surface area (Å²) in [7, 11) is 4.11. The van der Waals surface area contributed by atoms with Gasteiger partial charge in [-0.05, 0) is 358 Å². The Morgan fingerprint density at radius 3 is 0.687 bits per heavy atom. The summed E-state index contributed by atoms with van der Waals surface area (Å²) < 4.78 is 109. The van der Waals surface area contributed by atoms with E-state index in [1.54, 1.807) is 108 Å². The predicted molar refractivity (Wildman–Crippen MR) is 626 cm³/mol. The van der Waals surface area contributed by atoms with E-state index in [1.165, 1.54) is 95.0 Å². The first-order valence-electron chi connectivity index (χ1n) is 46.0. The number of carbonyl (C=O) groups is 2. The summed E-state index contributed by atoms with van der Waals surface area (Å²) in [6.07, 6.45) is 31.0. The zero-order valence-electron chi connectivity index (χ0n) is 102. The number of methoxy groups -OCH3 is 1. The van der Waals surface area contributed by atoms with Crippen molar-refractivity contribution in [3.8, 4) is 0 Å². The van der Waals surface area contributed by atoms with Crippen LogP contribution < -0.4 is 0 Å². The van der Waals surface area contributed by atoms with Gasteiger partial charge in [0.1, 0.15) is 0 Å². The van der Waals surface area contributed by atoms with Crippen molar-refractivity contribution in [3.05, 3.63) is 93.4 Å². The maximum Gasteiger partial charge on any atom is 0.302 e. The van der Waals surface area contributed by atoms with E-state index in [4.69, 9.17) is 0 Å². The van der Waals surface area contributed by atoms with Crippen molar-refractivity contribution in [1.82, 2.24) is 14.7 Å². The van der Waals surface area contributed by atoms with E-state index in [-0.39, 0.29) is 42.2 Å². The van der Waals surface area contributed by atoms with Crippen LogP contribution in [0, 0.1) is 10.8 Å². The van der Waals surface area contributed by atoms with Gasteiger partial charge in [0, 0.05) is 183 Å². The molecule has 0 aromatic rings. The number of amides is 1. The van der Waals surface area contributed by atoms with Crippen LogP contribution in [-0.2, 0) is 80.8 Å². The highest BCUT2D eigenvalue weighted by molar-refractivity contribution is 7.92. The lowest BCUT2D eigenvalue weighted by atomic mass is 9.85. The first-order valence-corrected chi connectivity index (χ1v) is 59.0. The third-order valence-corrected chi connectivity index (χ3v) is 33.0. The van der Waals surface area contributed by atoms with Crippen molar-refractivity contribution < 1.29 is 56.8 Å². The Balaban J connectivity index is -0.0000000615. The topological polar surface area (TPSA) is 273 Å². The molecule has 0 radical (unpaired) electrons. The second-order valence-corrected chi connectivity index (χ2v) is 61.7. The molecule has 0 fully saturated rings. The number of aliphatic imine (C=N–C) groups is 4. The minimum absolute atomic E-state index is 0.00694. The van der Waals surface area contributed by atoms with Crippen molar-refractivity contribution >= 4 is 105 Å². The number of sulfone groups is 3. The molecule has 0 rings (SSSR count). The molecule has 27 heteroatoms. The number of carbonyl (C=O) groups excluding carboxylic acids is 2. The quantitative estimate of drug-likeness (QED) is 0.0753. The normalized spacial score (nSPS) is 12.1. The third kappa shape index (κ3) is 167. The molecule has 0 N–H and O–H groups in total. The molecular formula is C107H232N7O13PS6. The Hall–Kier alpha value is -4.33. The third-order valence-electron chi connectivity index (χ3n) is 17.9.